The van der Waals surface area contributed by atoms with E-state index in [1.165, 1.54) is 0 Å². The lowest BCUT2D eigenvalue weighted by molar-refractivity contribution is 0.0955. The smallest absolute Gasteiger partial charge is 0.252 e. The summed E-state index contributed by atoms with van der Waals surface area (Å²) in [6.45, 7) is 1.18. The maximum absolute atomic E-state index is 12.0. The summed E-state index contributed by atoms with van der Waals surface area (Å²) >= 11 is 0. The van der Waals surface area contributed by atoms with Crippen LogP contribution in [-0.4, -0.2) is 24.0 Å². The molecule has 1 amide bonds. The van der Waals surface area contributed by atoms with Crippen LogP contribution in [0.5, 0.6) is 0 Å². The molecule has 0 saturated carbocycles. The van der Waals surface area contributed by atoms with Gasteiger partial charge in [-0.1, -0.05) is 18.2 Å². The minimum absolute atomic E-state index is 0.0722. The zero-order valence-corrected chi connectivity index (χ0v) is 9.52. The summed E-state index contributed by atoms with van der Waals surface area (Å²) in [5.74, 6) is -0.0722. The van der Waals surface area contributed by atoms with E-state index >= 15 is 0 Å². The van der Waals surface area contributed by atoms with Gasteiger partial charge in [0.15, 0.2) is 0 Å². The van der Waals surface area contributed by atoms with Crippen molar-refractivity contribution in [1.82, 2.24) is 10.3 Å². The minimum Gasteiger partial charge on any atom is -0.352 e. The topological polar surface area (TPSA) is 68.0 Å². The third-order valence-electron chi connectivity index (χ3n) is 2.56. The number of hydrogen-bond acceptors (Lipinski definition) is 3. The minimum atomic E-state index is -0.0722. The summed E-state index contributed by atoms with van der Waals surface area (Å²) in [5, 5.41) is 3.72. The second kappa shape index (κ2) is 5.41. The van der Waals surface area contributed by atoms with Crippen molar-refractivity contribution in [3.63, 3.8) is 0 Å². The molecule has 0 saturated heterocycles. The van der Waals surface area contributed by atoms with Gasteiger partial charge in [0.25, 0.3) is 5.91 Å². The summed E-state index contributed by atoms with van der Waals surface area (Å²) < 4.78 is 0. The predicted molar refractivity (Wildman–Crippen MR) is 67.7 cm³/mol. The Kier molecular flexibility index (Phi) is 3.67. The maximum Gasteiger partial charge on any atom is 0.252 e. The van der Waals surface area contributed by atoms with Crippen molar-refractivity contribution in [2.45, 2.75) is 6.42 Å². The molecule has 1 heterocycles. The highest BCUT2D eigenvalue weighted by molar-refractivity contribution is 6.05. The molecule has 4 heteroatoms. The van der Waals surface area contributed by atoms with Crippen LogP contribution in [0.25, 0.3) is 10.9 Å². The Hall–Kier alpha value is -1.94. The van der Waals surface area contributed by atoms with Gasteiger partial charge in [-0.3, -0.25) is 9.78 Å². The average Bonchev–Trinajstić information content (AvgIpc) is 2.38. The number of fused-ring (bicyclic) bond motifs is 1. The molecule has 17 heavy (non-hydrogen) atoms. The first kappa shape index (κ1) is 11.5. The quantitative estimate of drug-likeness (QED) is 0.777. The molecular weight excluding hydrogens is 214 g/mol. The van der Waals surface area contributed by atoms with Crippen molar-refractivity contribution < 1.29 is 4.79 Å². The lowest BCUT2D eigenvalue weighted by Crippen LogP contribution is -2.26. The van der Waals surface area contributed by atoms with Gasteiger partial charge in [-0.05, 0) is 25.1 Å². The van der Waals surface area contributed by atoms with Gasteiger partial charge in [0, 0.05) is 18.1 Å². The molecule has 0 atom stereocenters. The summed E-state index contributed by atoms with van der Waals surface area (Å²) in [5.41, 5.74) is 6.87. The molecule has 2 rings (SSSR count). The molecule has 0 aliphatic heterocycles. The Labute approximate surface area is 99.8 Å². The van der Waals surface area contributed by atoms with Crippen molar-refractivity contribution >= 4 is 16.8 Å². The van der Waals surface area contributed by atoms with Gasteiger partial charge in [-0.25, -0.2) is 0 Å². The number of carbonyl (C=O) groups excluding carboxylic acids is 1. The number of amides is 1. The van der Waals surface area contributed by atoms with E-state index in [2.05, 4.69) is 10.3 Å². The first-order valence-corrected chi connectivity index (χ1v) is 5.65. The van der Waals surface area contributed by atoms with E-state index in [-0.39, 0.29) is 5.91 Å². The molecule has 88 valence electrons. The normalized spacial score (nSPS) is 10.4. The number of hydrogen-bond donors (Lipinski definition) is 2. The Morgan fingerprint density at radius 1 is 1.29 bits per heavy atom. The van der Waals surface area contributed by atoms with E-state index in [0.29, 0.717) is 18.7 Å². The van der Waals surface area contributed by atoms with Crippen LogP contribution in [0.2, 0.25) is 0 Å². The van der Waals surface area contributed by atoms with E-state index < -0.39 is 0 Å². The van der Waals surface area contributed by atoms with Crippen molar-refractivity contribution in [2.24, 2.45) is 5.73 Å². The highest BCUT2D eigenvalue weighted by Crippen LogP contribution is 2.15. The molecule has 0 aliphatic rings. The van der Waals surface area contributed by atoms with E-state index in [4.69, 9.17) is 5.73 Å². The molecule has 0 spiro atoms. The first-order valence-electron chi connectivity index (χ1n) is 5.65. The first-order chi connectivity index (χ1) is 8.33. The Balaban J connectivity index is 2.26. The maximum atomic E-state index is 12.0. The third-order valence-corrected chi connectivity index (χ3v) is 2.56. The zero-order chi connectivity index (χ0) is 12.1. The van der Waals surface area contributed by atoms with Gasteiger partial charge >= 0.3 is 0 Å². The fourth-order valence-corrected chi connectivity index (χ4v) is 1.69. The van der Waals surface area contributed by atoms with Crippen LogP contribution in [0, 0.1) is 0 Å². The number of carbonyl (C=O) groups is 1. The van der Waals surface area contributed by atoms with Gasteiger partial charge in [0.2, 0.25) is 0 Å². The van der Waals surface area contributed by atoms with Gasteiger partial charge in [-0.2, -0.15) is 0 Å². The molecule has 0 unspecified atom stereocenters. The van der Waals surface area contributed by atoms with E-state index in [1.807, 2.05) is 24.3 Å². The van der Waals surface area contributed by atoms with Gasteiger partial charge in [-0.15, -0.1) is 0 Å². The number of benzene rings is 1. The molecule has 0 aliphatic carbocycles. The number of para-hydroxylation sites is 1. The molecule has 3 N–H and O–H groups in total. The van der Waals surface area contributed by atoms with Gasteiger partial charge < -0.3 is 11.1 Å². The number of nitrogens with one attached hydrogen (secondary N) is 1. The van der Waals surface area contributed by atoms with Crippen LogP contribution in [0.4, 0.5) is 0 Å². The van der Waals surface area contributed by atoms with Crippen LogP contribution in [0.1, 0.15) is 16.8 Å². The molecule has 1 aromatic heterocycles. The molecule has 0 fully saturated rings. The second-order valence-corrected chi connectivity index (χ2v) is 3.77. The van der Waals surface area contributed by atoms with Crippen LogP contribution in [0.15, 0.2) is 36.5 Å². The Morgan fingerprint density at radius 3 is 2.94 bits per heavy atom. The van der Waals surface area contributed by atoms with E-state index in [1.54, 1.807) is 12.3 Å². The van der Waals surface area contributed by atoms with E-state index in [0.717, 1.165) is 17.3 Å². The van der Waals surface area contributed by atoms with E-state index in [9.17, 15) is 4.79 Å². The number of nitrogens with two attached hydrogens (primary N) is 1. The van der Waals surface area contributed by atoms with Crippen LogP contribution < -0.4 is 11.1 Å². The summed E-state index contributed by atoms with van der Waals surface area (Å²) in [6.07, 6.45) is 2.44. The van der Waals surface area contributed by atoms with Gasteiger partial charge in [0.1, 0.15) is 0 Å². The molecule has 1 aromatic carbocycles. The SMILES string of the molecule is NCCCNC(=O)c1ccnc2ccccc12. The van der Waals surface area contributed by atoms with Crippen LogP contribution >= 0.6 is 0 Å². The Bertz CT molecular complexity index is 520. The van der Waals surface area contributed by atoms with Crippen molar-refractivity contribution in [3.8, 4) is 0 Å². The van der Waals surface area contributed by atoms with Gasteiger partial charge in [0.05, 0.1) is 11.1 Å². The number of aromatic nitrogens is 1. The lowest BCUT2D eigenvalue weighted by Gasteiger charge is -2.06. The Morgan fingerprint density at radius 2 is 2.12 bits per heavy atom. The zero-order valence-electron chi connectivity index (χ0n) is 9.52. The highest BCUT2D eigenvalue weighted by Gasteiger charge is 2.08. The highest BCUT2D eigenvalue weighted by atomic mass is 16.1. The van der Waals surface area contributed by atoms with Crippen molar-refractivity contribution in [3.05, 3.63) is 42.1 Å². The van der Waals surface area contributed by atoms with Crippen LogP contribution in [0.3, 0.4) is 0 Å². The van der Waals surface area contributed by atoms with Crippen LogP contribution in [-0.2, 0) is 0 Å². The van der Waals surface area contributed by atoms with Crippen molar-refractivity contribution in [2.75, 3.05) is 13.1 Å². The summed E-state index contributed by atoms with van der Waals surface area (Å²) in [7, 11) is 0. The number of pyridine rings is 1. The largest absolute Gasteiger partial charge is 0.352 e. The summed E-state index contributed by atoms with van der Waals surface area (Å²) in [6, 6.07) is 9.35. The average molecular weight is 229 g/mol. The molecule has 4 nitrogen and oxygen atoms in total. The fourth-order valence-electron chi connectivity index (χ4n) is 1.69. The summed E-state index contributed by atoms with van der Waals surface area (Å²) in [4.78, 5) is 16.2. The monoisotopic (exact) mass is 229 g/mol. The molecule has 0 radical (unpaired) electrons. The number of nitrogens with zero attached hydrogens (tertiary/aromatic N) is 1. The fraction of sp³-hybridized carbons (Fsp3) is 0.231. The lowest BCUT2D eigenvalue weighted by atomic mass is 10.1. The second-order valence-electron chi connectivity index (χ2n) is 3.77. The molecule has 2 aromatic rings. The number of rotatable bonds is 4. The molecular formula is C13H15N3O. The standard InChI is InChI=1S/C13H15N3O/c14-7-3-8-16-13(17)11-6-9-15-12-5-2-1-4-10(11)12/h1-2,4-6,9H,3,7-8,14H2,(H,16,17). The molecule has 0 bridgehead atoms. The van der Waals surface area contributed by atoms with Crippen molar-refractivity contribution in [1.29, 1.82) is 0 Å². The predicted octanol–water partition coefficient (Wildman–Crippen LogP) is 1.31. The third kappa shape index (κ3) is 2.60.